The quantitative estimate of drug-likeness (QED) is 0.619. The minimum atomic E-state index is -0.941. The Labute approximate surface area is 195 Å². The van der Waals surface area contributed by atoms with Gasteiger partial charge in [-0.1, -0.05) is 24.3 Å². The highest BCUT2D eigenvalue weighted by Crippen LogP contribution is 2.35. The second kappa shape index (κ2) is 8.78. The number of hydrogen-bond acceptors (Lipinski definition) is 6. The van der Waals surface area contributed by atoms with Crippen LogP contribution >= 0.6 is 0 Å². The molecule has 1 unspecified atom stereocenters. The number of nitrogens with zero attached hydrogens (tertiary/aromatic N) is 1. The monoisotopic (exact) mass is 459 g/mol. The number of para-hydroxylation sites is 3. The zero-order chi connectivity index (χ0) is 23.7. The Morgan fingerprint density at radius 1 is 0.882 bits per heavy atom. The van der Waals surface area contributed by atoms with Crippen LogP contribution in [-0.4, -0.2) is 37.2 Å². The molecule has 0 fully saturated rings. The molecule has 2 heterocycles. The molecule has 2 aliphatic heterocycles. The van der Waals surface area contributed by atoms with Crippen molar-refractivity contribution in [1.29, 1.82) is 0 Å². The lowest BCUT2D eigenvalue weighted by Crippen LogP contribution is -2.48. The highest BCUT2D eigenvalue weighted by Gasteiger charge is 2.33. The molecule has 0 aliphatic carbocycles. The second-order valence-electron chi connectivity index (χ2n) is 7.76. The molecular formula is C25H21N3O6. The van der Waals surface area contributed by atoms with Crippen LogP contribution in [0.2, 0.25) is 0 Å². The van der Waals surface area contributed by atoms with Crippen molar-refractivity contribution in [2.24, 2.45) is 0 Å². The van der Waals surface area contributed by atoms with Gasteiger partial charge in [-0.15, -0.1) is 0 Å². The van der Waals surface area contributed by atoms with E-state index in [9.17, 15) is 14.4 Å². The Hall–Kier alpha value is -4.53. The molecule has 3 aromatic carbocycles. The van der Waals surface area contributed by atoms with Crippen molar-refractivity contribution in [2.45, 2.75) is 13.0 Å². The number of fused-ring (bicyclic) bond motifs is 2. The summed E-state index contributed by atoms with van der Waals surface area (Å²) in [6.07, 6.45) is -0.941. The first-order valence-electron chi connectivity index (χ1n) is 10.6. The van der Waals surface area contributed by atoms with Gasteiger partial charge in [-0.05, 0) is 36.4 Å². The lowest BCUT2D eigenvalue weighted by Gasteiger charge is -2.33. The number of nitrogens with one attached hydrogen (secondary N) is 2. The summed E-state index contributed by atoms with van der Waals surface area (Å²) in [5, 5.41) is 5.58. The fourth-order valence-electron chi connectivity index (χ4n) is 3.85. The Morgan fingerprint density at radius 3 is 2.50 bits per heavy atom. The van der Waals surface area contributed by atoms with Crippen LogP contribution in [0.4, 0.5) is 17.1 Å². The molecular weight excluding hydrogens is 438 g/mol. The molecule has 0 saturated heterocycles. The van der Waals surface area contributed by atoms with Crippen LogP contribution in [-0.2, 0) is 9.59 Å². The summed E-state index contributed by atoms with van der Waals surface area (Å²) in [7, 11) is 0. The summed E-state index contributed by atoms with van der Waals surface area (Å²) in [6, 6.07) is 18.8. The standard InChI is InChI=1S/C25H21N3O6/c1-15(29)28-13-23(34-20-9-5-4-8-19(20)28)25(31)27-18-7-3-2-6-17(18)24(30)26-16-10-11-21-22(12-16)33-14-32-21/h2-12,23H,13-14H2,1H3,(H,26,30)(H,27,31). The number of amides is 3. The highest BCUT2D eigenvalue weighted by molar-refractivity contribution is 6.11. The smallest absolute Gasteiger partial charge is 0.267 e. The van der Waals surface area contributed by atoms with Gasteiger partial charge in [0.15, 0.2) is 17.6 Å². The molecule has 0 aromatic heterocycles. The number of ether oxygens (including phenoxy) is 3. The SMILES string of the molecule is CC(=O)N1CC(C(=O)Nc2ccccc2C(=O)Nc2ccc3c(c2)OCO3)Oc2ccccc21. The molecule has 0 radical (unpaired) electrons. The van der Waals surface area contributed by atoms with Crippen molar-refractivity contribution < 1.29 is 28.6 Å². The van der Waals surface area contributed by atoms with Gasteiger partial charge in [0, 0.05) is 18.7 Å². The van der Waals surface area contributed by atoms with Crippen LogP contribution in [0.25, 0.3) is 0 Å². The maximum absolute atomic E-state index is 13.1. The third kappa shape index (κ3) is 4.11. The molecule has 0 bridgehead atoms. The molecule has 9 heteroatoms. The van der Waals surface area contributed by atoms with Gasteiger partial charge in [0.05, 0.1) is 23.5 Å². The molecule has 0 saturated carbocycles. The maximum Gasteiger partial charge on any atom is 0.267 e. The summed E-state index contributed by atoms with van der Waals surface area (Å²) in [6.45, 7) is 1.63. The first-order chi connectivity index (χ1) is 16.5. The van der Waals surface area contributed by atoms with Gasteiger partial charge in [0.25, 0.3) is 11.8 Å². The van der Waals surface area contributed by atoms with Crippen LogP contribution in [0.15, 0.2) is 66.7 Å². The summed E-state index contributed by atoms with van der Waals surface area (Å²) >= 11 is 0. The van der Waals surface area contributed by atoms with Gasteiger partial charge in [-0.25, -0.2) is 0 Å². The van der Waals surface area contributed by atoms with Gasteiger partial charge < -0.3 is 29.7 Å². The average molecular weight is 459 g/mol. The van der Waals surface area contributed by atoms with Crippen LogP contribution in [0.1, 0.15) is 17.3 Å². The van der Waals surface area contributed by atoms with Crippen molar-refractivity contribution >= 4 is 34.8 Å². The molecule has 2 N–H and O–H groups in total. The van der Waals surface area contributed by atoms with Crippen LogP contribution < -0.4 is 29.7 Å². The Bertz CT molecular complexity index is 1290. The second-order valence-corrected chi connectivity index (χ2v) is 7.76. The maximum atomic E-state index is 13.1. The van der Waals surface area contributed by atoms with Crippen molar-refractivity contribution in [3.8, 4) is 17.2 Å². The predicted molar refractivity (Wildman–Crippen MR) is 124 cm³/mol. The van der Waals surface area contributed by atoms with Gasteiger partial charge >= 0.3 is 0 Å². The zero-order valence-corrected chi connectivity index (χ0v) is 18.2. The number of carbonyl (C=O) groups excluding carboxylic acids is 3. The average Bonchev–Trinajstić information content (AvgIpc) is 3.31. The largest absolute Gasteiger partial charge is 0.476 e. The lowest BCUT2D eigenvalue weighted by molar-refractivity contribution is -0.123. The van der Waals surface area contributed by atoms with E-state index in [-0.39, 0.29) is 24.8 Å². The number of benzene rings is 3. The van der Waals surface area contributed by atoms with Gasteiger partial charge in [-0.2, -0.15) is 0 Å². The molecule has 1 atom stereocenters. The van der Waals surface area contributed by atoms with E-state index in [1.165, 1.54) is 11.8 Å². The topological polar surface area (TPSA) is 106 Å². The first kappa shape index (κ1) is 21.3. The summed E-state index contributed by atoms with van der Waals surface area (Å²) in [4.78, 5) is 39.7. The van der Waals surface area contributed by atoms with Gasteiger partial charge in [-0.3, -0.25) is 14.4 Å². The summed E-state index contributed by atoms with van der Waals surface area (Å²) < 4.78 is 16.5. The first-order valence-corrected chi connectivity index (χ1v) is 10.6. The van der Waals surface area contributed by atoms with E-state index in [2.05, 4.69) is 10.6 Å². The minimum absolute atomic E-state index is 0.0593. The summed E-state index contributed by atoms with van der Waals surface area (Å²) in [5.74, 6) is 0.526. The Balaban J connectivity index is 1.33. The van der Waals surface area contributed by atoms with Crippen molar-refractivity contribution in [2.75, 3.05) is 28.9 Å². The number of anilines is 3. The molecule has 3 amide bonds. The molecule has 2 aliphatic rings. The number of hydrogen-bond donors (Lipinski definition) is 2. The number of rotatable bonds is 4. The van der Waals surface area contributed by atoms with E-state index in [1.54, 1.807) is 66.7 Å². The van der Waals surface area contributed by atoms with Gasteiger partial charge in [0.1, 0.15) is 5.75 Å². The van der Waals surface area contributed by atoms with Crippen molar-refractivity contribution in [3.63, 3.8) is 0 Å². The van der Waals surface area contributed by atoms with E-state index in [1.807, 2.05) is 0 Å². The van der Waals surface area contributed by atoms with E-state index in [4.69, 9.17) is 14.2 Å². The zero-order valence-electron chi connectivity index (χ0n) is 18.2. The van der Waals surface area contributed by atoms with E-state index < -0.39 is 17.9 Å². The fourth-order valence-corrected chi connectivity index (χ4v) is 3.85. The molecule has 34 heavy (non-hydrogen) atoms. The molecule has 0 spiro atoms. The van der Waals surface area contributed by atoms with Crippen LogP contribution in [0.5, 0.6) is 17.2 Å². The van der Waals surface area contributed by atoms with Crippen molar-refractivity contribution in [3.05, 3.63) is 72.3 Å². The fraction of sp³-hybridized carbons (Fsp3) is 0.160. The summed E-state index contributed by atoms with van der Waals surface area (Å²) in [5.41, 5.74) is 1.73. The third-order valence-electron chi connectivity index (χ3n) is 5.51. The minimum Gasteiger partial charge on any atom is -0.476 e. The van der Waals surface area contributed by atoms with E-state index in [0.29, 0.717) is 34.3 Å². The number of carbonyl (C=O) groups is 3. The highest BCUT2D eigenvalue weighted by atomic mass is 16.7. The van der Waals surface area contributed by atoms with Crippen molar-refractivity contribution in [1.82, 2.24) is 0 Å². The predicted octanol–water partition coefficient (Wildman–Crippen LogP) is 3.42. The van der Waals surface area contributed by atoms with Gasteiger partial charge in [0.2, 0.25) is 12.7 Å². The molecule has 9 nitrogen and oxygen atoms in total. The molecule has 3 aromatic rings. The Morgan fingerprint density at radius 2 is 1.65 bits per heavy atom. The van der Waals surface area contributed by atoms with Crippen LogP contribution in [0.3, 0.4) is 0 Å². The normalized spacial score (nSPS) is 15.7. The Kier molecular flexibility index (Phi) is 5.51. The molecule has 172 valence electrons. The van der Waals surface area contributed by atoms with E-state index in [0.717, 1.165) is 0 Å². The third-order valence-corrected chi connectivity index (χ3v) is 5.51. The van der Waals surface area contributed by atoms with E-state index >= 15 is 0 Å². The lowest BCUT2D eigenvalue weighted by atomic mass is 10.1. The van der Waals surface area contributed by atoms with Crippen LogP contribution in [0, 0.1) is 0 Å². The molecule has 5 rings (SSSR count).